The number of para-hydroxylation sites is 1. The molecule has 1 aliphatic heterocycles. The van der Waals surface area contributed by atoms with E-state index >= 15 is 0 Å². The number of hydrogen-bond acceptors (Lipinski definition) is 2. The van der Waals surface area contributed by atoms with Crippen LogP contribution in [0.2, 0.25) is 0 Å². The van der Waals surface area contributed by atoms with Crippen LogP contribution in [-0.2, 0) is 16.0 Å². The Morgan fingerprint density at radius 2 is 2.00 bits per heavy atom. The maximum atomic E-state index is 12.6. The third kappa shape index (κ3) is 3.67. The molecule has 0 spiro atoms. The van der Waals surface area contributed by atoms with Crippen LogP contribution in [0.15, 0.2) is 46.9 Å². The standard InChI is InChI=1S/C19H19BrN2O2/c1-13-8-9-16(15(20)11-13)21-18(23)12-19(24)22-10-4-6-14-5-2-3-7-17(14)22/h2-3,5,7-9,11H,4,6,10,12H2,1H3,(H,21,23). The SMILES string of the molecule is Cc1ccc(NC(=O)CC(=O)N2CCCc3ccccc32)c(Br)c1. The molecule has 5 heteroatoms. The third-order valence-electron chi connectivity index (χ3n) is 4.12. The highest BCUT2D eigenvalue weighted by molar-refractivity contribution is 9.10. The lowest BCUT2D eigenvalue weighted by Gasteiger charge is -2.29. The number of nitrogens with one attached hydrogen (secondary N) is 1. The Kier molecular flexibility index (Phi) is 5.00. The van der Waals surface area contributed by atoms with Crippen molar-refractivity contribution in [2.45, 2.75) is 26.2 Å². The van der Waals surface area contributed by atoms with Crippen LogP contribution in [0.25, 0.3) is 0 Å². The van der Waals surface area contributed by atoms with Gasteiger partial charge in [-0.1, -0.05) is 24.3 Å². The number of carbonyl (C=O) groups is 2. The minimum absolute atomic E-state index is 0.158. The molecule has 4 nitrogen and oxygen atoms in total. The van der Waals surface area contributed by atoms with E-state index in [9.17, 15) is 9.59 Å². The van der Waals surface area contributed by atoms with Crippen LogP contribution in [0.5, 0.6) is 0 Å². The van der Waals surface area contributed by atoms with Crippen molar-refractivity contribution in [2.75, 3.05) is 16.8 Å². The quantitative estimate of drug-likeness (QED) is 0.808. The smallest absolute Gasteiger partial charge is 0.236 e. The molecule has 0 fully saturated rings. The van der Waals surface area contributed by atoms with E-state index in [1.54, 1.807) is 4.90 Å². The van der Waals surface area contributed by atoms with Crippen molar-refractivity contribution in [3.63, 3.8) is 0 Å². The molecular formula is C19H19BrN2O2. The molecule has 0 saturated carbocycles. The van der Waals surface area contributed by atoms with Gasteiger partial charge in [-0.2, -0.15) is 0 Å². The molecule has 2 aromatic carbocycles. The average Bonchev–Trinajstić information content (AvgIpc) is 2.57. The van der Waals surface area contributed by atoms with Crippen LogP contribution in [0, 0.1) is 6.92 Å². The normalized spacial score (nSPS) is 13.3. The second kappa shape index (κ2) is 7.18. The predicted octanol–water partition coefficient (Wildman–Crippen LogP) is 4.07. The van der Waals surface area contributed by atoms with Crippen molar-refractivity contribution in [3.8, 4) is 0 Å². The number of hydrogen-bond donors (Lipinski definition) is 1. The second-order valence-electron chi connectivity index (χ2n) is 5.99. The summed E-state index contributed by atoms with van der Waals surface area (Å²) in [5, 5.41) is 2.80. The van der Waals surface area contributed by atoms with Gasteiger partial charge in [-0.25, -0.2) is 0 Å². The van der Waals surface area contributed by atoms with Crippen molar-refractivity contribution in [3.05, 3.63) is 58.1 Å². The van der Waals surface area contributed by atoms with Gasteiger partial charge >= 0.3 is 0 Å². The van der Waals surface area contributed by atoms with Gasteiger partial charge in [-0.3, -0.25) is 9.59 Å². The highest BCUT2D eigenvalue weighted by atomic mass is 79.9. The van der Waals surface area contributed by atoms with E-state index in [2.05, 4.69) is 21.2 Å². The minimum atomic E-state index is -0.299. The summed E-state index contributed by atoms with van der Waals surface area (Å²) in [4.78, 5) is 26.5. The van der Waals surface area contributed by atoms with Crippen LogP contribution in [0.1, 0.15) is 24.0 Å². The first kappa shape index (κ1) is 16.7. The highest BCUT2D eigenvalue weighted by Crippen LogP contribution is 2.27. The lowest BCUT2D eigenvalue weighted by molar-refractivity contribution is -0.125. The largest absolute Gasteiger partial charge is 0.325 e. The topological polar surface area (TPSA) is 49.4 Å². The third-order valence-corrected chi connectivity index (χ3v) is 4.78. The molecule has 0 aliphatic carbocycles. The monoisotopic (exact) mass is 386 g/mol. The zero-order valence-electron chi connectivity index (χ0n) is 13.5. The van der Waals surface area contributed by atoms with Gasteiger partial charge in [0.05, 0.1) is 5.69 Å². The van der Waals surface area contributed by atoms with Crippen LogP contribution in [0.3, 0.4) is 0 Å². The van der Waals surface area contributed by atoms with Crippen molar-refractivity contribution >= 4 is 39.1 Å². The Morgan fingerprint density at radius 1 is 1.21 bits per heavy atom. The Hall–Kier alpha value is -2.14. The number of fused-ring (bicyclic) bond motifs is 1. The Bertz CT molecular complexity index is 789. The zero-order chi connectivity index (χ0) is 17.1. The first-order chi connectivity index (χ1) is 11.5. The van der Waals surface area contributed by atoms with E-state index in [0.29, 0.717) is 12.2 Å². The first-order valence-corrected chi connectivity index (χ1v) is 8.78. The fourth-order valence-corrected chi connectivity index (χ4v) is 3.53. The number of nitrogens with zero attached hydrogens (tertiary/aromatic N) is 1. The number of rotatable bonds is 3. The van der Waals surface area contributed by atoms with E-state index in [4.69, 9.17) is 0 Å². The van der Waals surface area contributed by atoms with Crippen LogP contribution in [0.4, 0.5) is 11.4 Å². The number of aryl methyl sites for hydroxylation is 2. The Morgan fingerprint density at radius 3 is 2.79 bits per heavy atom. The number of anilines is 2. The summed E-state index contributed by atoms with van der Waals surface area (Å²) in [5.41, 5.74) is 3.87. The lowest BCUT2D eigenvalue weighted by atomic mass is 10.0. The van der Waals surface area contributed by atoms with Crippen molar-refractivity contribution in [1.29, 1.82) is 0 Å². The summed E-state index contributed by atoms with van der Waals surface area (Å²) in [6.07, 6.45) is 1.74. The summed E-state index contributed by atoms with van der Waals surface area (Å²) in [7, 11) is 0. The molecule has 2 amide bonds. The van der Waals surface area contributed by atoms with Crippen molar-refractivity contribution < 1.29 is 9.59 Å². The number of halogens is 1. The molecule has 0 bridgehead atoms. The Balaban J connectivity index is 1.68. The lowest BCUT2D eigenvalue weighted by Crippen LogP contribution is -2.37. The molecule has 0 unspecified atom stereocenters. The van der Waals surface area contributed by atoms with Gasteiger partial charge in [-0.05, 0) is 65.0 Å². The zero-order valence-corrected chi connectivity index (χ0v) is 15.1. The fourth-order valence-electron chi connectivity index (χ4n) is 2.94. The first-order valence-electron chi connectivity index (χ1n) is 7.99. The molecule has 0 radical (unpaired) electrons. The van der Waals surface area contributed by atoms with Gasteiger partial charge in [0.15, 0.2) is 0 Å². The summed E-state index contributed by atoms with van der Waals surface area (Å²) < 4.78 is 0.812. The molecule has 0 saturated heterocycles. The fraction of sp³-hybridized carbons (Fsp3) is 0.263. The van der Waals surface area contributed by atoms with Crippen LogP contribution < -0.4 is 10.2 Å². The molecule has 1 aliphatic rings. The predicted molar refractivity (Wildman–Crippen MR) is 99.2 cm³/mol. The molecule has 0 aromatic heterocycles. The number of amides is 2. The molecule has 0 atom stereocenters. The van der Waals surface area contributed by atoms with E-state index in [-0.39, 0.29) is 18.2 Å². The van der Waals surface area contributed by atoms with Gasteiger partial charge in [0, 0.05) is 16.7 Å². The number of benzene rings is 2. The maximum absolute atomic E-state index is 12.6. The molecule has 24 heavy (non-hydrogen) atoms. The van der Waals surface area contributed by atoms with Gasteiger partial charge < -0.3 is 10.2 Å². The second-order valence-corrected chi connectivity index (χ2v) is 6.84. The van der Waals surface area contributed by atoms with E-state index in [1.807, 2.05) is 49.4 Å². The molecule has 3 rings (SSSR count). The molecular weight excluding hydrogens is 368 g/mol. The highest BCUT2D eigenvalue weighted by Gasteiger charge is 2.24. The van der Waals surface area contributed by atoms with E-state index < -0.39 is 0 Å². The van der Waals surface area contributed by atoms with Crippen LogP contribution in [-0.4, -0.2) is 18.4 Å². The van der Waals surface area contributed by atoms with Crippen molar-refractivity contribution in [2.24, 2.45) is 0 Å². The van der Waals surface area contributed by atoms with E-state index in [0.717, 1.165) is 28.6 Å². The Labute approximate surface area is 150 Å². The summed E-state index contributed by atoms with van der Waals surface area (Å²) >= 11 is 3.43. The molecule has 124 valence electrons. The minimum Gasteiger partial charge on any atom is -0.325 e. The summed E-state index contributed by atoms with van der Waals surface area (Å²) in [6.45, 7) is 2.64. The molecule has 1 N–H and O–H groups in total. The van der Waals surface area contributed by atoms with Gasteiger partial charge in [-0.15, -0.1) is 0 Å². The van der Waals surface area contributed by atoms with Gasteiger partial charge in [0.2, 0.25) is 11.8 Å². The summed E-state index contributed by atoms with van der Waals surface area (Å²) in [5.74, 6) is -0.463. The van der Waals surface area contributed by atoms with Gasteiger partial charge in [0.25, 0.3) is 0 Å². The van der Waals surface area contributed by atoms with Crippen molar-refractivity contribution in [1.82, 2.24) is 0 Å². The number of carbonyl (C=O) groups excluding carboxylic acids is 2. The maximum Gasteiger partial charge on any atom is 0.236 e. The summed E-state index contributed by atoms with van der Waals surface area (Å²) in [6, 6.07) is 13.6. The molecule has 1 heterocycles. The molecule has 2 aromatic rings. The van der Waals surface area contributed by atoms with Gasteiger partial charge in [0.1, 0.15) is 6.42 Å². The van der Waals surface area contributed by atoms with E-state index in [1.165, 1.54) is 5.56 Å². The average molecular weight is 387 g/mol. The van der Waals surface area contributed by atoms with Crippen LogP contribution >= 0.6 is 15.9 Å².